The van der Waals surface area contributed by atoms with Crippen molar-refractivity contribution in [2.75, 3.05) is 23.8 Å². The van der Waals surface area contributed by atoms with Crippen molar-refractivity contribution >= 4 is 44.4 Å². The molecule has 0 saturated carbocycles. The molecule has 4 rings (SSSR count). The summed E-state index contributed by atoms with van der Waals surface area (Å²) in [6.07, 6.45) is 2.67. The second-order valence-corrected chi connectivity index (χ2v) is 9.19. The van der Waals surface area contributed by atoms with Gasteiger partial charge in [0, 0.05) is 23.7 Å². The number of hydrogen-bond acceptors (Lipinski definition) is 5. The van der Waals surface area contributed by atoms with Crippen molar-refractivity contribution in [3.05, 3.63) is 54.1 Å². The number of carbonyl (C=O) groups is 1. The summed E-state index contributed by atoms with van der Waals surface area (Å²) in [6.45, 7) is 3.46. The number of aromatic nitrogens is 1. The summed E-state index contributed by atoms with van der Waals surface area (Å²) in [5.74, 6) is 0.878. The molecule has 146 valence electrons. The predicted octanol–water partition coefficient (Wildman–Crippen LogP) is 5.30. The Kier molecular flexibility index (Phi) is 6.29. The number of rotatable bonds is 7. The third kappa shape index (κ3) is 4.74. The third-order valence-corrected chi connectivity index (χ3v) is 6.90. The van der Waals surface area contributed by atoms with Crippen LogP contribution >= 0.6 is 23.1 Å². The van der Waals surface area contributed by atoms with Gasteiger partial charge in [-0.15, -0.1) is 11.8 Å². The summed E-state index contributed by atoms with van der Waals surface area (Å²) < 4.78 is 6.90. The third-order valence-electron chi connectivity index (χ3n) is 4.83. The van der Waals surface area contributed by atoms with Gasteiger partial charge in [0.2, 0.25) is 5.91 Å². The van der Waals surface area contributed by atoms with Gasteiger partial charge in [-0.05, 0) is 44.0 Å². The number of benzene rings is 2. The minimum atomic E-state index is 0.112. The van der Waals surface area contributed by atoms with E-state index in [1.807, 2.05) is 23.1 Å². The van der Waals surface area contributed by atoms with Crippen LogP contribution < -0.4 is 4.90 Å². The molecule has 1 fully saturated rings. The average molecular weight is 413 g/mol. The Hall–Kier alpha value is -1.89. The molecule has 0 spiro atoms. The first kappa shape index (κ1) is 19.4. The molecule has 0 aliphatic carbocycles. The standard InChI is InChI=1S/C22H24N2O2S2/c1-16-8-10-18(11-9-16)27-14-12-21(25)24(15-17-5-4-13-26-17)22-23-19-6-2-3-7-20(19)28-22/h2-3,6-11,17H,4-5,12-15H2,1H3. The van der Waals surface area contributed by atoms with E-state index in [-0.39, 0.29) is 12.0 Å². The van der Waals surface area contributed by atoms with Crippen molar-refractivity contribution in [2.45, 2.75) is 37.2 Å². The fraction of sp³-hybridized carbons (Fsp3) is 0.364. The van der Waals surface area contributed by atoms with Gasteiger partial charge in [-0.2, -0.15) is 0 Å². The van der Waals surface area contributed by atoms with Gasteiger partial charge in [-0.25, -0.2) is 4.98 Å². The molecule has 0 radical (unpaired) electrons. The van der Waals surface area contributed by atoms with Gasteiger partial charge in [0.15, 0.2) is 5.13 Å². The molecule has 1 unspecified atom stereocenters. The first-order valence-electron chi connectivity index (χ1n) is 9.66. The Bertz CT molecular complexity index is 900. The molecule has 1 saturated heterocycles. The first-order chi connectivity index (χ1) is 13.7. The molecule has 6 heteroatoms. The quantitative estimate of drug-likeness (QED) is 0.494. The van der Waals surface area contributed by atoms with Gasteiger partial charge in [-0.1, -0.05) is 41.2 Å². The molecule has 2 aromatic carbocycles. The van der Waals surface area contributed by atoms with E-state index < -0.39 is 0 Å². The summed E-state index contributed by atoms with van der Waals surface area (Å²) in [7, 11) is 0. The largest absolute Gasteiger partial charge is 0.376 e. The lowest BCUT2D eigenvalue weighted by Gasteiger charge is -2.23. The van der Waals surface area contributed by atoms with E-state index in [2.05, 4.69) is 37.3 Å². The van der Waals surface area contributed by atoms with E-state index in [0.29, 0.717) is 13.0 Å². The van der Waals surface area contributed by atoms with Crippen LogP contribution in [0.3, 0.4) is 0 Å². The van der Waals surface area contributed by atoms with Crippen molar-refractivity contribution in [1.82, 2.24) is 4.98 Å². The topological polar surface area (TPSA) is 42.4 Å². The maximum Gasteiger partial charge on any atom is 0.229 e. The number of fused-ring (bicyclic) bond motifs is 1. The molecule has 3 aromatic rings. The SMILES string of the molecule is Cc1ccc(SCCC(=O)N(CC2CCCO2)c2nc3ccccc3s2)cc1. The number of thiazole rings is 1. The van der Waals surface area contributed by atoms with Gasteiger partial charge in [0.1, 0.15) is 0 Å². The molecule has 4 nitrogen and oxygen atoms in total. The molecule has 1 aliphatic heterocycles. The van der Waals surface area contributed by atoms with Crippen LogP contribution in [0.25, 0.3) is 10.2 Å². The summed E-state index contributed by atoms with van der Waals surface area (Å²) in [5.41, 5.74) is 2.20. The average Bonchev–Trinajstić information content (AvgIpc) is 3.36. The lowest BCUT2D eigenvalue weighted by Crippen LogP contribution is -2.37. The highest BCUT2D eigenvalue weighted by Gasteiger charge is 2.25. The van der Waals surface area contributed by atoms with Crippen molar-refractivity contribution in [3.8, 4) is 0 Å². The molecule has 28 heavy (non-hydrogen) atoms. The molecule has 2 heterocycles. The molecule has 1 aromatic heterocycles. The zero-order valence-electron chi connectivity index (χ0n) is 16.0. The van der Waals surface area contributed by atoms with E-state index in [1.54, 1.807) is 23.1 Å². The lowest BCUT2D eigenvalue weighted by atomic mass is 10.2. The molecular weight excluding hydrogens is 388 g/mol. The second kappa shape index (κ2) is 9.07. The highest BCUT2D eigenvalue weighted by atomic mass is 32.2. The van der Waals surface area contributed by atoms with Crippen molar-refractivity contribution in [1.29, 1.82) is 0 Å². The van der Waals surface area contributed by atoms with Gasteiger partial charge in [0.25, 0.3) is 0 Å². The minimum absolute atomic E-state index is 0.112. The Balaban J connectivity index is 1.45. The summed E-state index contributed by atoms with van der Waals surface area (Å²) >= 11 is 3.30. The van der Waals surface area contributed by atoms with Gasteiger partial charge in [0.05, 0.1) is 22.9 Å². The maximum atomic E-state index is 13.1. The van der Waals surface area contributed by atoms with E-state index in [0.717, 1.165) is 40.5 Å². The smallest absolute Gasteiger partial charge is 0.229 e. The van der Waals surface area contributed by atoms with E-state index in [9.17, 15) is 4.79 Å². The molecule has 1 atom stereocenters. The van der Waals surface area contributed by atoms with E-state index in [4.69, 9.17) is 9.72 Å². The Morgan fingerprint density at radius 2 is 2.07 bits per heavy atom. The van der Waals surface area contributed by atoms with Crippen LogP contribution in [0.5, 0.6) is 0 Å². The maximum absolute atomic E-state index is 13.1. The zero-order chi connectivity index (χ0) is 19.3. The van der Waals surface area contributed by atoms with Crippen LogP contribution in [0, 0.1) is 6.92 Å². The van der Waals surface area contributed by atoms with Crippen LogP contribution in [-0.4, -0.2) is 35.9 Å². The Labute approximate surface area is 173 Å². The lowest BCUT2D eigenvalue weighted by molar-refractivity contribution is -0.118. The van der Waals surface area contributed by atoms with Crippen LogP contribution in [-0.2, 0) is 9.53 Å². The molecule has 1 amide bonds. The Morgan fingerprint density at radius 3 is 2.82 bits per heavy atom. The number of hydrogen-bond donors (Lipinski definition) is 0. The fourth-order valence-electron chi connectivity index (χ4n) is 3.28. The zero-order valence-corrected chi connectivity index (χ0v) is 17.6. The molecule has 1 aliphatic rings. The van der Waals surface area contributed by atoms with E-state index in [1.165, 1.54) is 10.5 Å². The summed E-state index contributed by atoms with van der Waals surface area (Å²) in [6, 6.07) is 16.5. The molecule has 0 bridgehead atoms. The number of thioether (sulfide) groups is 1. The number of aryl methyl sites for hydroxylation is 1. The first-order valence-corrected chi connectivity index (χ1v) is 11.5. The number of nitrogens with zero attached hydrogens (tertiary/aromatic N) is 2. The number of ether oxygens (including phenoxy) is 1. The van der Waals surface area contributed by atoms with Gasteiger partial charge < -0.3 is 4.74 Å². The van der Waals surface area contributed by atoms with Crippen LogP contribution in [0.1, 0.15) is 24.8 Å². The highest BCUT2D eigenvalue weighted by Crippen LogP contribution is 2.30. The van der Waals surface area contributed by atoms with Gasteiger partial charge in [-0.3, -0.25) is 9.69 Å². The normalized spacial score (nSPS) is 16.5. The number of anilines is 1. The fourth-order valence-corrected chi connectivity index (χ4v) is 5.11. The molecule has 0 N–H and O–H groups in total. The molecular formula is C22H24N2O2S2. The minimum Gasteiger partial charge on any atom is -0.376 e. The Morgan fingerprint density at radius 1 is 1.25 bits per heavy atom. The predicted molar refractivity (Wildman–Crippen MR) is 117 cm³/mol. The summed E-state index contributed by atoms with van der Waals surface area (Å²) in [5, 5.41) is 0.780. The van der Waals surface area contributed by atoms with Crippen LogP contribution in [0.2, 0.25) is 0 Å². The van der Waals surface area contributed by atoms with Crippen molar-refractivity contribution in [2.24, 2.45) is 0 Å². The number of carbonyl (C=O) groups excluding carboxylic acids is 1. The summed E-state index contributed by atoms with van der Waals surface area (Å²) in [4.78, 5) is 20.8. The number of amides is 1. The number of para-hydroxylation sites is 1. The monoisotopic (exact) mass is 412 g/mol. The van der Waals surface area contributed by atoms with E-state index >= 15 is 0 Å². The van der Waals surface area contributed by atoms with Crippen LogP contribution in [0.15, 0.2) is 53.4 Å². The van der Waals surface area contributed by atoms with Crippen molar-refractivity contribution < 1.29 is 9.53 Å². The van der Waals surface area contributed by atoms with Crippen molar-refractivity contribution in [3.63, 3.8) is 0 Å². The van der Waals surface area contributed by atoms with Gasteiger partial charge >= 0.3 is 0 Å². The second-order valence-electron chi connectivity index (χ2n) is 7.02. The highest BCUT2D eigenvalue weighted by molar-refractivity contribution is 7.99. The van der Waals surface area contributed by atoms with Crippen LogP contribution in [0.4, 0.5) is 5.13 Å².